The minimum Gasteiger partial charge on any atom is -0.378 e. The van der Waals surface area contributed by atoms with Gasteiger partial charge < -0.3 is 4.74 Å². The van der Waals surface area contributed by atoms with E-state index >= 15 is 0 Å². The van der Waals surface area contributed by atoms with Gasteiger partial charge in [0.1, 0.15) is 0 Å². The Labute approximate surface area is 206 Å². The normalized spacial score (nSPS) is 36.9. The van der Waals surface area contributed by atoms with Gasteiger partial charge in [-0.15, -0.1) is 0 Å². The third-order valence-corrected chi connectivity index (χ3v) is 10.4. The van der Waals surface area contributed by atoms with Gasteiger partial charge >= 0.3 is 0 Å². The van der Waals surface area contributed by atoms with E-state index < -0.39 is 0 Å². The Kier molecular flexibility index (Phi) is 6.90. The second-order valence-corrected chi connectivity index (χ2v) is 15.7. The third-order valence-electron chi connectivity index (χ3n) is 10.4. The highest BCUT2D eigenvalue weighted by Gasteiger charge is 2.51. The highest BCUT2D eigenvalue weighted by atomic mass is 16.5. The second-order valence-electron chi connectivity index (χ2n) is 15.7. The van der Waals surface area contributed by atoms with E-state index in [9.17, 15) is 0 Å². The molecule has 3 nitrogen and oxygen atoms in total. The number of piperidine rings is 2. The van der Waals surface area contributed by atoms with Crippen molar-refractivity contribution >= 4 is 0 Å². The van der Waals surface area contributed by atoms with Gasteiger partial charge in [0.25, 0.3) is 0 Å². The Morgan fingerprint density at radius 2 is 0.879 bits per heavy atom. The van der Waals surface area contributed by atoms with Gasteiger partial charge in [0.15, 0.2) is 0 Å². The van der Waals surface area contributed by atoms with Gasteiger partial charge in [-0.25, -0.2) is 0 Å². The first-order chi connectivity index (χ1) is 15.1. The number of fused-ring (bicyclic) bond motifs is 4. The number of rotatable bonds is 5. The summed E-state index contributed by atoms with van der Waals surface area (Å²) in [5, 5.41) is 0. The van der Waals surface area contributed by atoms with Crippen molar-refractivity contribution in [2.45, 2.75) is 156 Å². The molecule has 3 heteroatoms. The lowest BCUT2D eigenvalue weighted by Crippen LogP contribution is -2.65. The van der Waals surface area contributed by atoms with E-state index in [0.717, 1.165) is 37.1 Å². The minimum absolute atomic E-state index is 0.238. The molecule has 0 radical (unpaired) electrons. The molecule has 0 amide bonds. The standard InChI is InChI=1S/C30H56N2O/c1-27(2,3)21-15-23-11-12-24(16-21)31(23)29(7,8)13-14-30(9,10)32-25-17-22(28(4,5)6)18-26(32)20-33-19-25/h21-26H,11-20H2,1-10H3. The molecule has 0 aromatic heterocycles. The number of hydrogen-bond acceptors (Lipinski definition) is 3. The van der Waals surface area contributed by atoms with Gasteiger partial charge in [-0.1, -0.05) is 41.5 Å². The molecule has 0 aromatic carbocycles. The summed E-state index contributed by atoms with van der Waals surface area (Å²) in [6.07, 6.45) is 10.9. The number of morpholine rings is 1. The van der Waals surface area contributed by atoms with Crippen LogP contribution in [0.15, 0.2) is 0 Å². The van der Waals surface area contributed by atoms with E-state index in [2.05, 4.69) is 79.0 Å². The van der Waals surface area contributed by atoms with Crippen LogP contribution in [0.4, 0.5) is 0 Å². The number of nitrogens with zero attached hydrogens (tertiary/aromatic N) is 2. The summed E-state index contributed by atoms with van der Waals surface area (Å²) in [5.74, 6) is 1.71. The Hall–Kier alpha value is -0.120. The maximum Gasteiger partial charge on any atom is 0.0623 e. The van der Waals surface area contributed by atoms with E-state index in [1.807, 2.05) is 0 Å². The molecule has 33 heavy (non-hydrogen) atoms. The first-order valence-corrected chi connectivity index (χ1v) is 14.2. The Morgan fingerprint density at radius 3 is 1.24 bits per heavy atom. The summed E-state index contributed by atoms with van der Waals surface area (Å²) in [6.45, 7) is 26.7. The monoisotopic (exact) mass is 460 g/mol. The summed E-state index contributed by atoms with van der Waals surface area (Å²) < 4.78 is 6.09. The molecule has 0 spiro atoms. The second kappa shape index (κ2) is 8.77. The fourth-order valence-corrected chi connectivity index (χ4v) is 8.35. The predicted octanol–water partition coefficient (Wildman–Crippen LogP) is 7.14. The highest BCUT2D eigenvalue weighted by molar-refractivity contribution is 5.05. The van der Waals surface area contributed by atoms with Crippen molar-refractivity contribution in [3.8, 4) is 0 Å². The molecule has 4 fully saturated rings. The van der Waals surface area contributed by atoms with E-state index in [-0.39, 0.29) is 5.54 Å². The molecule has 4 aliphatic heterocycles. The molecule has 4 bridgehead atoms. The maximum atomic E-state index is 6.09. The molecule has 4 unspecified atom stereocenters. The van der Waals surface area contributed by atoms with Crippen molar-refractivity contribution in [3.05, 3.63) is 0 Å². The Bertz CT molecular complexity index is 656. The molecular weight excluding hydrogens is 404 g/mol. The Balaban J connectivity index is 1.42. The van der Waals surface area contributed by atoms with Gasteiger partial charge in [-0.05, 0) is 102 Å². The first kappa shape index (κ1) is 26.0. The van der Waals surface area contributed by atoms with Crippen LogP contribution >= 0.6 is 0 Å². The third kappa shape index (κ3) is 5.21. The van der Waals surface area contributed by atoms with E-state index in [4.69, 9.17) is 4.74 Å². The fraction of sp³-hybridized carbons (Fsp3) is 1.00. The molecular formula is C30H56N2O. The van der Waals surface area contributed by atoms with Crippen molar-refractivity contribution in [2.24, 2.45) is 22.7 Å². The number of ether oxygens (including phenoxy) is 1. The predicted molar refractivity (Wildman–Crippen MR) is 141 cm³/mol. The van der Waals surface area contributed by atoms with E-state index in [1.54, 1.807) is 0 Å². The highest BCUT2D eigenvalue weighted by Crippen LogP contribution is 2.50. The van der Waals surface area contributed by atoms with Crippen LogP contribution in [-0.2, 0) is 4.74 Å². The topological polar surface area (TPSA) is 15.7 Å². The van der Waals surface area contributed by atoms with Crippen molar-refractivity contribution in [1.82, 2.24) is 9.80 Å². The van der Waals surface area contributed by atoms with Crippen LogP contribution in [0.25, 0.3) is 0 Å². The minimum atomic E-state index is 0.238. The van der Waals surface area contributed by atoms with Crippen LogP contribution in [0.2, 0.25) is 0 Å². The molecule has 4 rings (SSSR count). The van der Waals surface area contributed by atoms with Gasteiger partial charge in [0, 0.05) is 35.2 Å². The summed E-state index contributed by atoms with van der Waals surface area (Å²) in [5.41, 5.74) is 1.39. The lowest BCUT2D eigenvalue weighted by atomic mass is 9.69. The molecule has 0 saturated carbocycles. The Morgan fingerprint density at radius 1 is 0.545 bits per heavy atom. The summed E-state index contributed by atoms with van der Waals surface area (Å²) in [7, 11) is 0. The van der Waals surface area contributed by atoms with Crippen LogP contribution in [0.5, 0.6) is 0 Å². The zero-order valence-electron chi connectivity index (χ0n) is 23.8. The first-order valence-electron chi connectivity index (χ1n) is 14.2. The molecule has 4 aliphatic rings. The molecule has 0 N–H and O–H groups in total. The number of hydrogen-bond donors (Lipinski definition) is 0. The average Bonchev–Trinajstić information content (AvgIpc) is 2.95. The molecule has 192 valence electrons. The zero-order valence-corrected chi connectivity index (χ0v) is 23.8. The van der Waals surface area contributed by atoms with Gasteiger partial charge in [-0.3, -0.25) is 9.80 Å². The van der Waals surface area contributed by atoms with Crippen molar-refractivity contribution in [3.63, 3.8) is 0 Å². The lowest BCUT2D eigenvalue weighted by Gasteiger charge is -2.58. The quantitative estimate of drug-likeness (QED) is 0.434. The van der Waals surface area contributed by atoms with Crippen LogP contribution in [-0.4, -0.2) is 58.3 Å². The summed E-state index contributed by atoms with van der Waals surface area (Å²) in [4.78, 5) is 5.90. The largest absolute Gasteiger partial charge is 0.378 e. The zero-order chi connectivity index (χ0) is 24.4. The van der Waals surface area contributed by atoms with Gasteiger partial charge in [0.05, 0.1) is 13.2 Å². The molecule has 4 heterocycles. The fourth-order valence-electron chi connectivity index (χ4n) is 8.35. The lowest BCUT2D eigenvalue weighted by molar-refractivity contribution is -0.143. The van der Waals surface area contributed by atoms with Crippen molar-refractivity contribution in [2.75, 3.05) is 13.2 Å². The average molecular weight is 461 g/mol. The molecule has 0 aromatic rings. The molecule has 4 saturated heterocycles. The van der Waals surface area contributed by atoms with Crippen LogP contribution in [0.3, 0.4) is 0 Å². The van der Waals surface area contributed by atoms with Gasteiger partial charge in [0.2, 0.25) is 0 Å². The van der Waals surface area contributed by atoms with Crippen LogP contribution in [0.1, 0.15) is 121 Å². The van der Waals surface area contributed by atoms with Crippen molar-refractivity contribution in [1.29, 1.82) is 0 Å². The molecule has 4 atom stereocenters. The van der Waals surface area contributed by atoms with Crippen molar-refractivity contribution < 1.29 is 4.74 Å². The van der Waals surface area contributed by atoms with E-state index in [0.29, 0.717) is 28.5 Å². The summed E-state index contributed by atoms with van der Waals surface area (Å²) in [6, 6.07) is 2.81. The maximum absolute atomic E-state index is 6.09. The van der Waals surface area contributed by atoms with E-state index in [1.165, 1.54) is 51.4 Å². The van der Waals surface area contributed by atoms with Gasteiger partial charge in [-0.2, -0.15) is 0 Å². The SMILES string of the molecule is CC(C)(C)C1CC2CCC(C1)N2C(C)(C)CCC(C)(C)N1C2COCC1CC(C(C)(C)C)C2. The molecule has 0 aliphatic carbocycles. The smallest absolute Gasteiger partial charge is 0.0623 e. The summed E-state index contributed by atoms with van der Waals surface area (Å²) >= 11 is 0. The van der Waals surface area contributed by atoms with Crippen LogP contribution < -0.4 is 0 Å². The van der Waals surface area contributed by atoms with Crippen LogP contribution in [0, 0.1) is 22.7 Å².